The Morgan fingerprint density at radius 3 is 1.11 bits per heavy atom. The summed E-state index contributed by atoms with van der Waals surface area (Å²) in [6, 6.07) is -0.800. The van der Waals surface area contributed by atoms with Crippen LogP contribution in [0.2, 0.25) is 0 Å². The number of rotatable bonds is 54. The van der Waals surface area contributed by atoms with E-state index in [4.69, 9.17) is 9.47 Å². The summed E-state index contributed by atoms with van der Waals surface area (Å²) < 4.78 is 11.3. The van der Waals surface area contributed by atoms with Crippen LogP contribution in [-0.4, -0.2) is 87.5 Å². The first kappa shape index (κ1) is 66.9. The zero-order chi connectivity index (χ0) is 50.8. The third-order valence-corrected chi connectivity index (χ3v) is 15.1. The number of hydrogen-bond acceptors (Lipinski definition) is 8. The predicted octanol–water partition coefficient (Wildman–Crippen LogP) is 15.6. The van der Waals surface area contributed by atoms with Gasteiger partial charge in [0.15, 0.2) is 6.29 Å². The van der Waals surface area contributed by atoms with Crippen molar-refractivity contribution in [3.05, 3.63) is 12.2 Å². The van der Waals surface area contributed by atoms with Crippen molar-refractivity contribution in [3.63, 3.8) is 0 Å². The first-order valence-electron chi connectivity index (χ1n) is 30.9. The minimum atomic E-state index is -1.56. The van der Waals surface area contributed by atoms with Crippen molar-refractivity contribution in [3.8, 4) is 0 Å². The zero-order valence-electron chi connectivity index (χ0n) is 46.3. The number of nitrogens with one attached hydrogen (secondary N) is 1. The van der Waals surface area contributed by atoms with Gasteiger partial charge in [0, 0.05) is 6.42 Å². The van der Waals surface area contributed by atoms with Crippen LogP contribution in [0.25, 0.3) is 0 Å². The number of carbonyl (C=O) groups is 1. The number of unbranched alkanes of at least 4 members (excludes halogenated alkanes) is 44. The van der Waals surface area contributed by atoms with Crippen molar-refractivity contribution in [1.29, 1.82) is 0 Å². The highest BCUT2D eigenvalue weighted by Gasteiger charge is 2.44. The van der Waals surface area contributed by atoms with Gasteiger partial charge in [-0.2, -0.15) is 0 Å². The van der Waals surface area contributed by atoms with E-state index in [0.29, 0.717) is 6.42 Å². The van der Waals surface area contributed by atoms with Crippen molar-refractivity contribution >= 4 is 5.91 Å². The molecular formula is C61H119NO8. The second kappa shape index (κ2) is 51.4. The van der Waals surface area contributed by atoms with Crippen LogP contribution < -0.4 is 5.32 Å². The third kappa shape index (κ3) is 40.3. The molecule has 0 aromatic heterocycles. The Balaban J connectivity index is 2.10. The van der Waals surface area contributed by atoms with E-state index in [1.165, 1.54) is 257 Å². The number of amides is 1. The summed E-state index contributed by atoms with van der Waals surface area (Å²) in [5.74, 6) is -0.170. The van der Waals surface area contributed by atoms with E-state index in [1.54, 1.807) is 6.08 Å². The van der Waals surface area contributed by atoms with E-state index in [1.807, 2.05) is 6.08 Å². The molecule has 7 atom stereocenters. The van der Waals surface area contributed by atoms with Crippen LogP contribution in [-0.2, 0) is 14.3 Å². The van der Waals surface area contributed by atoms with Crippen molar-refractivity contribution < 1.29 is 39.8 Å². The topological polar surface area (TPSA) is 149 Å². The fourth-order valence-corrected chi connectivity index (χ4v) is 10.2. The number of aliphatic hydroxyl groups is 5. The van der Waals surface area contributed by atoms with Gasteiger partial charge in [-0.1, -0.05) is 302 Å². The van der Waals surface area contributed by atoms with Crippen LogP contribution in [0.1, 0.15) is 316 Å². The largest absolute Gasteiger partial charge is 0.394 e. The summed E-state index contributed by atoms with van der Waals surface area (Å²) in [7, 11) is 0. The van der Waals surface area contributed by atoms with Gasteiger partial charge in [0.1, 0.15) is 24.4 Å². The van der Waals surface area contributed by atoms with Gasteiger partial charge in [-0.3, -0.25) is 4.79 Å². The summed E-state index contributed by atoms with van der Waals surface area (Å²) >= 11 is 0. The summed E-state index contributed by atoms with van der Waals surface area (Å²) in [4.78, 5) is 13.1. The molecule has 1 aliphatic heterocycles. The first-order valence-corrected chi connectivity index (χ1v) is 30.9. The molecule has 9 heteroatoms. The fourth-order valence-electron chi connectivity index (χ4n) is 10.2. The van der Waals surface area contributed by atoms with Crippen molar-refractivity contribution in [2.24, 2.45) is 0 Å². The second-order valence-corrected chi connectivity index (χ2v) is 21.9. The van der Waals surface area contributed by atoms with Crippen LogP contribution in [0.3, 0.4) is 0 Å². The molecule has 1 heterocycles. The molecule has 1 saturated heterocycles. The Morgan fingerprint density at radius 1 is 0.471 bits per heavy atom. The molecule has 9 nitrogen and oxygen atoms in total. The molecule has 1 fully saturated rings. The lowest BCUT2D eigenvalue weighted by Crippen LogP contribution is -2.60. The second-order valence-electron chi connectivity index (χ2n) is 21.9. The molecular weight excluding hydrogens is 875 g/mol. The molecule has 0 bridgehead atoms. The van der Waals surface area contributed by atoms with Gasteiger partial charge in [-0.25, -0.2) is 0 Å². The Labute approximate surface area is 433 Å². The molecule has 1 amide bonds. The van der Waals surface area contributed by atoms with Crippen molar-refractivity contribution in [2.45, 2.75) is 358 Å². The number of aliphatic hydroxyl groups excluding tert-OH is 5. The Morgan fingerprint density at radius 2 is 0.786 bits per heavy atom. The molecule has 0 aromatic carbocycles. The molecule has 0 aliphatic carbocycles. The highest BCUT2D eigenvalue weighted by Crippen LogP contribution is 2.23. The van der Waals surface area contributed by atoms with Crippen LogP contribution in [0.15, 0.2) is 12.2 Å². The van der Waals surface area contributed by atoms with Crippen LogP contribution in [0.5, 0.6) is 0 Å². The monoisotopic (exact) mass is 994 g/mol. The molecule has 0 aromatic rings. The van der Waals surface area contributed by atoms with Crippen LogP contribution in [0.4, 0.5) is 0 Å². The number of hydrogen-bond donors (Lipinski definition) is 6. The Bertz CT molecular complexity index is 1110. The van der Waals surface area contributed by atoms with Gasteiger partial charge >= 0.3 is 0 Å². The number of allylic oxidation sites excluding steroid dienone is 1. The molecule has 6 N–H and O–H groups in total. The van der Waals surface area contributed by atoms with E-state index in [0.717, 1.165) is 38.5 Å². The van der Waals surface area contributed by atoms with Crippen LogP contribution in [0, 0.1) is 0 Å². The summed E-state index contributed by atoms with van der Waals surface area (Å²) in [5.41, 5.74) is 0. The Hall–Kier alpha value is -1.07. The van der Waals surface area contributed by atoms with E-state index < -0.39 is 49.5 Å². The van der Waals surface area contributed by atoms with Crippen molar-refractivity contribution in [2.75, 3.05) is 13.2 Å². The highest BCUT2D eigenvalue weighted by molar-refractivity contribution is 5.76. The van der Waals surface area contributed by atoms with Gasteiger partial charge in [0.05, 0.1) is 25.4 Å². The molecule has 0 spiro atoms. The van der Waals surface area contributed by atoms with Crippen LogP contribution >= 0.6 is 0 Å². The normalized spacial score (nSPS) is 19.3. The average molecular weight is 995 g/mol. The first-order chi connectivity index (χ1) is 34.3. The van der Waals surface area contributed by atoms with Gasteiger partial charge in [0.2, 0.25) is 5.91 Å². The zero-order valence-corrected chi connectivity index (χ0v) is 46.3. The molecule has 0 saturated carbocycles. The Kier molecular flexibility index (Phi) is 49.2. The van der Waals surface area contributed by atoms with E-state index in [9.17, 15) is 30.3 Å². The third-order valence-electron chi connectivity index (χ3n) is 15.1. The lowest BCUT2D eigenvalue weighted by atomic mass is 9.99. The van der Waals surface area contributed by atoms with Crippen molar-refractivity contribution in [1.82, 2.24) is 5.32 Å². The van der Waals surface area contributed by atoms with E-state index in [-0.39, 0.29) is 12.5 Å². The molecule has 1 aliphatic rings. The summed E-state index contributed by atoms with van der Waals surface area (Å²) in [6.45, 7) is 3.82. The standard InChI is InChI=1S/C61H119NO8/c1-3-5-7-9-11-13-15-17-19-20-21-22-23-24-25-26-27-28-29-30-31-32-33-34-35-37-39-41-43-45-47-49-51-57(65)62-54(53-69-61-60(68)59(67)58(66)56(52-63)70-61)55(64)50-48-46-44-42-40-38-36-18-16-14-12-10-8-6-4-2/h48,50,54-56,58-61,63-64,66-68H,3-47,49,51-53H2,1-2H3,(H,62,65)/b50-48+/t54-,55+,56+,58+,59?,60?,61+/m0/s1. The van der Waals surface area contributed by atoms with Gasteiger partial charge < -0.3 is 40.3 Å². The molecule has 1 rings (SSSR count). The molecule has 2 unspecified atom stereocenters. The maximum Gasteiger partial charge on any atom is 0.220 e. The van der Waals surface area contributed by atoms with Gasteiger partial charge in [-0.05, 0) is 19.3 Å². The minimum Gasteiger partial charge on any atom is -0.394 e. The lowest BCUT2D eigenvalue weighted by Gasteiger charge is -2.40. The van der Waals surface area contributed by atoms with Gasteiger partial charge in [0.25, 0.3) is 0 Å². The SMILES string of the molecule is CCCCCCCCCCCCCCC/C=C/[C@@H](O)[C@H](CO[C@@H]1O[C@H](CO)[C@@H](O)C(O)C1O)NC(=O)CCCCCCCCCCCCCCCCCCCCCCCCCCCCCCCCCC. The minimum absolute atomic E-state index is 0.170. The maximum atomic E-state index is 13.1. The molecule has 70 heavy (non-hydrogen) atoms. The van der Waals surface area contributed by atoms with E-state index in [2.05, 4.69) is 19.2 Å². The smallest absolute Gasteiger partial charge is 0.220 e. The maximum absolute atomic E-state index is 13.1. The number of carbonyl (C=O) groups excluding carboxylic acids is 1. The quantitative estimate of drug-likeness (QED) is 0.0261. The lowest BCUT2D eigenvalue weighted by molar-refractivity contribution is -0.302. The average Bonchev–Trinajstić information content (AvgIpc) is 3.36. The van der Waals surface area contributed by atoms with E-state index >= 15 is 0 Å². The van der Waals surface area contributed by atoms with Gasteiger partial charge in [-0.15, -0.1) is 0 Å². The summed E-state index contributed by atoms with van der Waals surface area (Å²) in [6.07, 6.45) is 57.3. The summed E-state index contributed by atoms with van der Waals surface area (Å²) in [5, 5.41) is 54.5. The fraction of sp³-hybridized carbons (Fsp3) is 0.951. The number of ether oxygens (including phenoxy) is 2. The molecule has 0 radical (unpaired) electrons. The molecule has 416 valence electrons. The highest BCUT2D eigenvalue weighted by atomic mass is 16.7. The predicted molar refractivity (Wildman–Crippen MR) is 295 cm³/mol.